The second-order valence-corrected chi connectivity index (χ2v) is 6.20. The highest BCUT2D eigenvalue weighted by Crippen LogP contribution is 2.42. The van der Waals surface area contributed by atoms with Gasteiger partial charge in [-0.05, 0) is 37.3 Å². The van der Waals surface area contributed by atoms with Crippen molar-refractivity contribution in [2.45, 2.75) is 44.2 Å². The van der Waals surface area contributed by atoms with E-state index >= 15 is 0 Å². The van der Waals surface area contributed by atoms with Crippen molar-refractivity contribution < 1.29 is 5.11 Å². The number of fused-ring (bicyclic) bond motifs is 3. The molecule has 0 bridgehead atoms. The molecular formula is C17H21N3O. The molecule has 21 heavy (non-hydrogen) atoms. The average Bonchev–Trinajstić information content (AvgIpc) is 3.17. The Labute approximate surface area is 124 Å². The summed E-state index contributed by atoms with van der Waals surface area (Å²) in [6, 6.07) is 2.34. The van der Waals surface area contributed by atoms with Crippen LogP contribution in [0.5, 0.6) is 0 Å². The summed E-state index contributed by atoms with van der Waals surface area (Å²) in [5, 5.41) is 10.6. The lowest BCUT2D eigenvalue weighted by atomic mass is 9.91. The van der Waals surface area contributed by atoms with E-state index in [4.69, 9.17) is 0 Å². The highest BCUT2D eigenvalue weighted by molar-refractivity contribution is 5.68. The van der Waals surface area contributed by atoms with Crippen molar-refractivity contribution in [3.63, 3.8) is 0 Å². The van der Waals surface area contributed by atoms with E-state index in [1.54, 1.807) is 0 Å². The molecule has 1 aliphatic heterocycles. The topological polar surface area (TPSA) is 43.0 Å². The van der Waals surface area contributed by atoms with Crippen LogP contribution >= 0.6 is 0 Å². The highest BCUT2D eigenvalue weighted by Gasteiger charge is 2.33. The summed E-state index contributed by atoms with van der Waals surface area (Å²) in [6.45, 7) is 0. The van der Waals surface area contributed by atoms with Crippen molar-refractivity contribution in [3.05, 3.63) is 42.1 Å². The van der Waals surface area contributed by atoms with Crippen LogP contribution in [0.3, 0.4) is 0 Å². The molecule has 0 saturated carbocycles. The lowest BCUT2D eigenvalue weighted by molar-refractivity contribution is 0.178. The van der Waals surface area contributed by atoms with Gasteiger partial charge in [0.05, 0.1) is 36.1 Å². The van der Waals surface area contributed by atoms with Crippen LogP contribution in [-0.4, -0.2) is 25.3 Å². The van der Waals surface area contributed by atoms with Gasteiger partial charge in [0.1, 0.15) is 0 Å². The van der Waals surface area contributed by atoms with Crippen LogP contribution in [0.4, 0.5) is 0 Å². The van der Waals surface area contributed by atoms with E-state index in [0.717, 1.165) is 19.3 Å². The average molecular weight is 283 g/mol. The van der Waals surface area contributed by atoms with Gasteiger partial charge in [-0.25, -0.2) is 4.98 Å². The zero-order chi connectivity index (χ0) is 14.4. The fourth-order valence-corrected chi connectivity index (χ4v) is 3.82. The Morgan fingerprint density at radius 2 is 2.33 bits per heavy atom. The molecule has 1 N–H and O–H groups in total. The van der Waals surface area contributed by atoms with E-state index in [9.17, 15) is 5.11 Å². The van der Waals surface area contributed by atoms with Gasteiger partial charge in [0.2, 0.25) is 0 Å². The van der Waals surface area contributed by atoms with Crippen LogP contribution in [0.1, 0.15) is 43.8 Å². The first kappa shape index (κ1) is 12.9. The Morgan fingerprint density at radius 3 is 3.14 bits per heavy atom. The van der Waals surface area contributed by atoms with Gasteiger partial charge in [0, 0.05) is 25.2 Å². The first-order chi connectivity index (χ1) is 10.3. The van der Waals surface area contributed by atoms with Gasteiger partial charge in [-0.1, -0.05) is 6.08 Å². The zero-order valence-electron chi connectivity index (χ0n) is 12.4. The first-order valence-electron chi connectivity index (χ1n) is 7.80. The van der Waals surface area contributed by atoms with Crippen LogP contribution in [-0.2, 0) is 7.05 Å². The van der Waals surface area contributed by atoms with Gasteiger partial charge in [-0.2, -0.15) is 0 Å². The third kappa shape index (κ3) is 1.97. The van der Waals surface area contributed by atoms with Crippen molar-refractivity contribution >= 4 is 0 Å². The standard InChI is InChI=1S/C17H21N3O/c1-19-8-7-13-15-10-18-11-20(15)14(17(13)19)9-16(21)12-5-3-2-4-6-12/h5,7-8,10-11,14,16,21H,2-4,6,9H2,1H3. The Balaban J connectivity index is 1.66. The van der Waals surface area contributed by atoms with Gasteiger partial charge < -0.3 is 14.2 Å². The van der Waals surface area contributed by atoms with E-state index in [-0.39, 0.29) is 12.1 Å². The molecule has 4 rings (SSSR count). The van der Waals surface area contributed by atoms with E-state index in [2.05, 4.69) is 39.5 Å². The molecule has 3 heterocycles. The molecule has 0 saturated heterocycles. The van der Waals surface area contributed by atoms with Crippen LogP contribution in [0.25, 0.3) is 11.3 Å². The molecule has 0 radical (unpaired) electrons. The van der Waals surface area contributed by atoms with Crippen molar-refractivity contribution in [1.29, 1.82) is 0 Å². The third-order valence-corrected chi connectivity index (χ3v) is 4.91. The number of aryl methyl sites for hydroxylation is 1. The Kier molecular flexibility index (Phi) is 3.00. The van der Waals surface area contributed by atoms with Crippen molar-refractivity contribution in [2.24, 2.45) is 7.05 Å². The quantitative estimate of drug-likeness (QED) is 0.880. The lowest BCUT2D eigenvalue weighted by Gasteiger charge is -2.23. The van der Waals surface area contributed by atoms with Crippen LogP contribution in [0.2, 0.25) is 0 Å². The molecule has 1 aliphatic carbocycles. The summed E-state index contributed by atoms with van der Waals surface area (Å²) < 4.78 is 4.38. The number of nitrogens with zero attached hydrogens (tertiary/aromatic N) is 3. The number of aliphatic hydroxyl groups is 1. The van der Waals surface area contributed by atoms with Gasteiger partial charge in [0.25, 0.3) is 0 Å². The molecule has 110 valence electrons. The summed E-state index contributed by atoms with van der Waals surface area (Å²) in [5.41, 5.74) is 4.94. The number of imidazole rings is 1. The predicted octanol–water partition coefficient (Wildman–Crippen LogP) is 3.04. The Hall–Kier alpha value is -1.81. The summed E-state index contributed by atoms with van der Waals surface area (Å²) in [6.07, 6.45) is 13.2. The zero-order valence-corrected chi connectivity index (χ0v) is 12.4. The Morgan fingerprint density at radius 1 is 1.43 bits per heavy atom. The molecule has 2 unspecified atom stereocenters. The van der Waals surface area contributed by atoms with E-state index in [0.29, 0.717) is 0 Å². The molecule has 0 spiro atoms. The van der Waals surface area contributed by atoms with E-state index in [1.165, 1.54) is 35.4 Å². The van der Waals surface area contributed by atoms with Crippen LogP contribution < -0.4 is 0 Å². The molecule has 2 atom stereocenters. The normalized spacial score (nSPS) is 21.8. The number of hydrogen-bond donors (Lipinski definition) is 1. The molecular weight excluding hydrogens is 262 g/mol. The predicted molar refractivity (Wildman–Crippen MR) is 81.9 cm³/mol. The van der Waals surface area contributed by atoms with Crippen molar-refractivity contribution in [2.75, 3.05) is 0 Å². The fraction of sp³-hybridized carbons (Fsp3) is 0.471. The number of allylic oxidation sites excluding steroid dienone is 1. The number of aromatic nitrogens is 3. The number of hydrogen-bond acceptors (Lipinski definition) is 2. The molecule has 4 heteroatoms. The maximum Gasteiger partial charge on any atom is 0.0957 e. The smallest absolute Gasteiger partial charge is 0.0957 e. The molecule has 0 amide bonds. The second kappa shape index (κ2) is 4.88. The van der Waals surface area contributed by atoms with Crippen LogP contribution in [0, 0.1) is 0 Å². The Bertz CT molecular complexity index is 695. The van der Waals surface area contributed by atoms with Gasteiger partial charge in [-0.15, -0.1) is 0 Å². The van der Waals surface area contributed by atoms with Gasteiger partial charge in [0.15, 0.2) is 0 Å². The van der Waals surface area contributed by atoms with Gasteiger partial charge >= 0.3 is 0 Å². The number of rotatable bonds is 3. The number of aliphatic hydroxyl groups excluding tert-OH is 1. The summed E-state index contributed by atoms with van der Waals surface area (Å²) in [7, 11) is 2.08. The van der Waals surface area contributed by atoms with Crippen LogP contribution in [0.15, 0.2) is 36.4 Å². The maximum absolute atomic E-state index is 10.6. The molecule has 0 fully saturated rings. The summed E-state index contributed by atoms with van der Waals surface area (Å²) in [5.74, 6) is 0. The maximum atomic E-state index is 10.6. The minimum absolute atomic E-state index is 0.190. The molecule has 4 nitrogen and oxygen atoms in total. The minimum Gasteiger partial charge on any atom is -0.389 e. The van der Waals surface area contributed by atoms with Crippen molar-refractivity contribution in [1.82, 2.24) is 14.1 Å². The summed E-state index contributed by atoms with van der Waals surface area (Å²) in [4.78, 5) is 4.28. The first-order valence-corrected chi connectivity index (χ1v) is 7.80. The lowest BCUT2D eigenvalue weighted by Crippen LogP contribution is -2.20. The van der Waals surface area contributed by atoms with Gasteiger partial charge in [-0.3, -0.25) is 0 Å². The molecule has 2 aliphatic rings. The highest BCUT2D eigenvalue weighted by atomic mass is 16.3. The van der Waals surface area contributed by atoms with E-state index < -0.39 is 0 Å². The molecule has 2 aromatic heterocycles. The summed E-state index contributed by atoms with van der Waals surface area (Å²) >= 11 is 0. The SMILES string of the molecule is Cn1ccc2c1C(CC(O)C1=CCCCC1)n1cncc1-2. The fourth-order valence-electron chi connectivity index (χ4n) is 3.82. The third-order valence-electron chi connectivity index (χ3n) is 4.91. The second-order valence-electron chi connectivity index (χ2n) is 6.20. The minimum atomic E-state index is -0.341. The molecule has 2 aromatic rings. The monoisotopic (exact) mass is 283 g/mol. The van der Waals surface area contributed by atoms with Crippen molar-refractivity contribution in [3.8, 4) is 11.3 Å². The van der Waals surface area contributed by atoms with E-state index in [1.807, 2.05) is 12.5 Å². The molecule has 0 aromatic carbocycles. The largest absolute Gasteiger partial charge is 0.389 e.